The first-order valence-electron chi connectivity index (χ1n) is 8.10. The first kappa shape index (κ1) is 15.9. The van der Waals surface area contributed by atoms with E-state index in [1.807, 2.05) is 37.3 Å². The van der Waals surface area contributed by atoms with Gasteiger partial charge in [-0.3, -0.25) is 9.69 Å². The van der Waals surface area contributed by atoms with Crippen molar-refractivity contribution < 1.29 is 14.3 Å². The number of rotatable bonds is 2. The minimum Gasteiger partial charge on any atom is -0.456 e. The van der Waals surface area contributed by atoms with Crippen LogP contribution in [0.5, 0.6) is 0 Å². The van der Waals surface area contributed by atoms with Gasteiger partial charge < -0.3 is 4.74 Å². The quantitative estimate of drug-likeness (QED) is 0.767. The number of halogens is 1. The summed E-state index contributed by atoms with van der Waals surface area (Å²) in [7, 11) is 0. The van der Waals surface area contributed by atoms with Gasteiger partial charge in [-0.2, -0.15) is 0 Å². The van der Waals surface area contributed by atoms with E-state index in [2.05, 4.69) is 0 Å². The Morgan fingerprint density at radius 3 is 2.68 bits per heavy atom. The van der Waals surface area contributed by atoms with E-state index in [0.717, 1.165) is 11.1 Å². The largest absolute Gasteiger partial charge is 0.456 e. The monoisotopic (exact) mass is 353 g/mol. The van der Waals surface area contributed by atoms with Crippen molar-refractivity contribution in [2.45, 2.75) is 19.3 Å². The number of ether oxygens (including phenoxy) is 1. The average molecular weight is 354 g/mol. The van der Waals surface area contributed by atoms with Crippen molar-refractivity contribution in [3.8, 4) is 0 Å². The highest BCUT2D eigenvalue weighted by molar-refractivity contribution is 6.31. The molecule has 1 atom stereocenters. The first-order chi connectivity index (χ1) is 12.1. The maximum atomic E-state index is 12.9. The van der Waals surface area contributed by atoms with E-state index < -0.39 is 0 Å². The second-order valence-electron chi connectivity index (χ2n) is 6.26. The number of anilines is 1. The Bertz CT molecular complexity index is 919. The summed E-state index contributed by atoms with van der Waals surface area (Å²) < 4.78 is 5.28. The summed E-state index contributed by atoms with van der Waals surface area (Å²) in [5, 5.41) is 0.540. The zero-order chi connectivity index (χ0) is 17.6. The molecule has 0 saturated carbocycles. The summed E-state index contributed by atoms with van der Waals surface area (Å²) in [6.45, 7) is 2.10. The van der Waals surface area contributed by atoms with Gasteiger partial charge in [-0.05, 0) is 36.2 Å². The van der Waals surface area contributed by atoms with Crippen molar-refractivity contribution in [2.75, 3.05) is 11.5 Å². The third-order valence-corrected chi connectivity index (χ3v) is 4.98. The van der Waals surface area contributed by atoms with Crippen LogP contribution in [-0.2, 0) is 14.3 Å². The Kier molecular flexibility index (Phi) is 3.85. The van der Waals surface area contributed by atoms with Crippen molar-refractivity contribution in [3.05, 3.63) is 76.0 Å². The number of carbonyl (C=O) groups excluding carboxylic acids is 2. The van der Waals surface area contributed by atoms with Crippen molar-refractivity contribution in [3.63, 3.8) is 0 Å². The van der Waals surface area contributed by atoms with Crippen molar-refractivity contribution in [2.24, 2.45) is 0 Å². The Hall–Kier alpha value is -2.59. The Morgan fingerprint density at radius 1 is 1.12 bits per heavy atom. The van der Waals surface area contributed by atoms with Crippen molar-refractivity contribution in [1.82, 2.24) is 0 Å². The van der Waals surface area contributed by atoms with Crippen LogP contribution < -0.4 is 4.90 Å². The van der Waals surface area contributed by atoms with E-state index in [1.54, 1.807) is 23.1 Å². The van der Waals surface area contributed by atoms with E-state index in [0.29, 0.717) is 22.0 Å². The van der Waals surface area contributed by atoms with Crippen molar-refractivity contribution >= 4 is 29.2 Å². The lowest BCUT2D eigenvalue weighted by Gasteiger charge is -2.32. The standard InChI is InChI=1S/C20H16ClNO3/c1-12-5-2-3-8-15(12)16-10-18(23)22(14-7-4-6-13(21)9-14)17-11-25-20(24)19(16)17/h2-9,16H,10-11H2,1H3. The summed E-state index contributed by atoms with van der Waals surface area (Å²) >= 11 is 6.08. The van der Waals surface area contributed by atoms with E-state index >= 15 is 0 Å². The van der Waals surface area contributed by atoms with E-state index in [9.17, 15) is 9.59 Å². The Morgan fingerprint density at radius 2 is 1.92 bits per heavy atom. The van der Waals surface area contributed by atoms with Crippen LogP contribution >= 0.6 is 11.6 Å². The smallest absolute Gasteiger partial charge is 0.336 e. The molecule has 0 saturated heterocycles. The molecule has 2 aromatic carbocycles. The first-order valence-corrected chi connectivity index (χ1v) is 8.48. The van der Waals surface area contributed by atoms with Crippen LogP contribution in [0.2, 0.25) is 5.02 Å². The average Bonchev–Trinajstić information content (AvgIpc) is 2.96. The molecule has 0 aliphatic carbocycles. The van der Waals surface area contributed by atoms with Gasteiger partial charge in [0.1, 0.15) is 6.61 Å². The zero-order valence-electron chi connectivity index (χ0n) is 13.7. The summed E-state index contributed by atoms with van der Waals surface area (Å²) in [4.78, 5) is 26.9. The molecule has 25 heavy (non-hydrogen) atoms. The number of hydrogen-bond acceptors (Lipinski definition) is 3. The summed E-state index contributed by atoms with van der Waals surface area (Å²) in [6.07, 6.45) is 0.227. The molecule has 1 amide bonds. The zero-order valence-corrected chi connectivity index (χ0v) is 14.4. The summed E-state index contributed by atoms with van der Waals surface area (Å²) in [6, 6.07) is 14.9. The van der Waals surface area contributed by atoms with Gasteiger partial charge >= 0.3 is 5.97 Å². The minimum atomic E-state index is -0.345. The molecule has 2 aromatic rings. The fraction of sp³-hybridized carbons (Fsp3) is 0.200. The number of cyclic esters (lactones) is 1. The number of aryl methyl sites for hydroxylation is 1. The predicted octanol–water partition coefficient (Wildman–Crippen LogP) is 3.98. The van der Waals surface area contributed by atoms with Gasteiger partial charge in [-0.1, -0.05) is 41.9 Å². The van der Waals surface area contributed by atoms with E-state index in [1.165, 1.54) is 0 Å². The number of nitrogens with zero attached hydrogens (tertiary/aromatic N) is 1. The van der Waals surface area contributed by atoms with Gasteiger partial charge in [0.2, 0.25) is 5.91 Å². The van der Waals surface area contributed by atoms with E-state index in [-0.39, 0.29) is 30.8 Å². The number of carbonyl (C=O) groups is 2. The van der Waals surface area contributed by atoms with E-state index in [4.69, 9.17) is 16.3 Å². The fourth-order valence-corrected chi connectivity index (χ4v) is 3.80. The normalized spacial score (nSPS) is 19.9. The summed E-state index contributed by atoms with van der Waals surface area (Å²) in [5.41, 5.74) is 3.91. The molecule has 126 valence electrons. The third kappa shape index (κ3) is 2.63. The van der Waals surface area contributed by atoms with Crippen LogP contribution in [-0.4, -0.2) is 18.5 Å². The second kappa shape index (κ2) is 6.05. The van der Waals surface area contributed by atoms with Crippen LogP contribution in [0, 0.1) is 6.92 Å². The highest BCUT2D eigenvalue weighted by atomic mass is 35.5. The summed E-state index contributed by atoms with van der Waals surface area (Å²) in [5.74, 6) is -0.676. The molecular formula is C20H16ClNO3. The predicted molar refractivity (Wildman–Crippen MR) is 95.5 cm³/mol. The lowest BCUT2D eigenvalue weighted by Crippen LogP contribution is -2.37. The number of esters is 1. The second-order valence-corrected chi connectivity index (χ2v) is 6.70. The molecule has 0 radical (unpaired) electrons. The molecule has 4 nitrogen and oxygen atoms in total. The lowest BCUT2D eigenvalue weighted by atomic mass is 9.82. The fourth-order valence-electron chi connectivity index (χ4n) is 3.61. The minimum absolute atomic E-state index is 0.0624. The van der Waals surface area contributed by atoms with Gasteiger partial charge in [0.25, 0.3) is 0 Å². The third-order valence-electron chi connectivity index (χ3n) is 4.75. The molecule has 5 heteroatoms. The van der Waals surface area contributed by atoms with Crippen LogP contribution in [0.3, 0.4) is 0 Å². The molecule has 0 bridgehead atoms. The molecule has 0 N–H and O–H groups in total. The molecule has 4 rings (SSSR count). The highest BCUT2D eigenvalue weighted by Gasteiger charge is 2.43. The molecule has 0 spiro atoms. The van der Waals surface area contributed by atoms with Crippen molar-refractivity contribution in [1.29, 1.82) is 0 Å². The highest BCUT2D eigenvalue weighted by Crippen LogP contribution is 2.42. The molecule has 2 aliphatic rings. The maximum absolute atomic E-state index is 12.9. The maximum Gasteiger partial charge on any atom is 0.336 e. The molecule has 2 aliphatic heterocycles. The van der Waals surface area contributed by atoms with Crippen LogP contribution in [0.25, 0.3) is 0 Å². The van der Waals surface area contributed by atoms with Gasteiger partial charge in [0.05, 0.1) is 17.0 Å². The van der Waals surface area contributed by atoms with Crippen LogP contribution in [0.4, 0.5) is 5.69 Å². The topological polar surface area (TPSA) is 46.6 Å². The number of benzene rings is 2. The molecular weight excluding hydrogens is 338 g/mol. The molecule has 0 fully saturated rings. The van der Waals surface area contributed by atoms with Gasteiger partial charge in [-0.25, -0.2) is 4.79 Å². The van der Waals surface area contributed by atoms with Gasteiger partial charge in [0, 0.05) is 17.4 Å². The lowest BCUT2D eigenvalue weighted by molar-refractivity contribution is -0.136. The SMILES string of the molecule is Cc1ccccc1C1CC(=O)N(c2cccc(Cl)c2)C2=C1C(=O)OC2. The molecule has 0 aromatic heterocycles. The molecule has 1 unspecified atom stereocenters. The number of hydrogen-bond donors (Lipinski definition) is 0. The van der Waals surface area contributed by atoms with Crippen LogP contribution in [0.1, 0.15) is 23.5 Å². The van der Waals surface area contributed by atoms with Crippen LogP contribution in [0.15, 0.2) is 59.8 Å². The van der Waals surface area contributed by atoms with Gasteiger partial charge in [0.15, 0.2) is 0 Å². The Balaban J connectivity index is 1.86. The van der Waals surface area contributed by atoms with Gasteiger partial charge in [-0.15, -0.1) is 0 Å². The molecule has 2 heterocycles. The Labute approximate surface area is 150 Å². The number of amides is 1.